The van der Waals surface area contributed by atoms with Gasteiger partial charge in [-0.25, -0.2) is 4.98 Å². The average Bonchev–Trinajstić information content (AvgIpc) is 2.81. The highest BCUT2D eigenvalue weighted by molar-refractivity contribution is 9.09. The van der Waals surface area contributed by atoms with Crippen LogP contribution in [0.5, 0.6) is 0 Å². The predicted molar refractivity (Wildman–Crippen MR) is 76.4 cm³/mol. The molecule has 0 radical (unpaired) electrons. The van der Waals surface area contributed by atoms with E-state index in [0.717, 1.165) is 29.9 Å². The molecule has 0 aliphatic carbocycles. The molecule has 2 heterocycles. The van der Waals surface area contributed by atoms with Crippen LogP contribution < -0.4 is 4.90 Å². The first-order valence-electron chi connectivity index (χ1n) is 6.24. The summed E-state index contributed by atoms with van der Waals surface area (Å²) in [6, 6.07) is 2.07. The van der Waals surface area contributed by atoms with Gasteiger partial charge in [-0.05, 0) is 13.3 Å². The minimum atomic E-state index is 0.668. The van der Waals surface area contributed by atoms with E-state index in [4.69, 9.17) is 0 Å². The van der Waals surface area contributed by atoms with E-state index in [2.05, 4.69) is 48.9 Å². The van der Waals surface area contributed by atoms with Crippen LogP contribution in [0.4, 0.5) is 5.82 Å². The number of anilines is 1. The number of rotatable bonds is 6. The standard InChI is InChI=1S/C12H18BrN5/c1-3-4-6-17(7-5-13)11-8-10(2)16-12-14-9-15-18(11)12/h8-9H,3-7H2,1-2H3. The molecule has 0 aliphatic heterocycles. The van der Waals surface area contributed by atoms with Crippen molar-refractivity contribution >= 4 is 27.5 Å². The molecule has 6 heteroatoms. The topological polar surface area (TPSA) is 46.3 Å². The molecule has 0 fully saturated rings. The van der Waals surface area contributed by atoms with Crippen molar-refractivity contribution in [2.45, 2.75) is 26.7 Å². The molecule has 0 aliphatic rings. The summed E-state index contributed by atoms with van der Waals surface area (Å²) in [5, 5.41) is 5.20. The van der Waals surface area contributed by atoms with Crippen molar-refractivity contribution in [3.63, 3.8) is 0 Å². The van der Waals surface area contributed by atoms with E-state index in [9.17, 15) is 0 Å². The molecule has 2 rings (SSSR count). The second-order valence-corrected chi connectivity index (χ2v) is 5.05. The fourth-order valence-corrected chi connectivity index (χ4v) is 2.36. The largest absolute Gasteiger partial charge is 0.356 e. The summed E-state index contributed by atoms with van der Waals surface area (Å²) in [6.07, 6.45) is 3.91. The maximum atomic E-state index is 4.37. The second-order valence-electron chi connectivity index (χ2n) is 4.26. The Morgan fingerprint density at radius 2 is 2.22 bits per heavy atom. The molecule has 0 saturated heterocycles. The predicted octanol–water partition coefficient (Wildman–Crippen LogP) is 2.43. The third-order valence-corrected chi connectivity index (χ3v) is 3.18. The van der Waals surface area contributed by atoms with Crippen molar-refractivity contribution in [3.8, 4) is 0 Å². The summed E-state index contributed by atoms with van der Waals surface area (Å²) < 4.78 is 1.81. The van der Waals surface area contributed by atoms with Crippen LogP contribution in [0.3, 0.4) is 0 Å². The second kappa shape index (κ2) is 6.13. The molecule has 5 nitrogen and oxygen atoms in total. The SMILES string of the molecule is CCCCN(CCBr)c1cc(C)nc2ncnn12. The first kappa shape index (κ1) is 13.3. The Labute approximate surface area is 115 Å². The van der Waals surface area contributed by atoms with Crippen molar-refractivity contribution in [1.82, 2.24) is 19.6 Å². The molecule has 0 unspecified atom stereocenters. The lowest BCUT2D eigenvalue weighted by Crippen LogP contribution is -2.29. The van der Waals surface area contributed by atoms with Gasteiger partial charge < -0.3 is 4.90 Å². The van der Waals surface area contributed by atoms with Crippen LogP contribution in [0, 0.1) is 6.92 Å². The van der Waals surface area contributed by atoms with Crippen LogP contribution in [0.2, 0.25) is 0 Å². The molecule has 2 aromatic rings. The number of aromatic nitrogens is 4. The van der Waals surface area contributed by atoms with Crippen LogP contribution in [0.25, 0.3) is 5.78 Å². The van der Waals surface area contributed by atoms with E-state index in [1.807, 2.05) is 11.4 Å². The normalized spacial score (nSPS) is 11.1. The minimum Gasteiger partial charge on any atom is -0.356 e. The van der Waals surface area contributed by atoms with Crippen LogP contribution in [-0.4, -0.2) is 38.0 Å². The highest BCUT2D eigenvalue weighted by atomic mass is 79.9. The van der Waals surface area contributed by atoms with E-state index < -0.39 is 0 Å². The first-order valence-corrected chi connectivity index (χ1v) is 7.36. The third kappa shape index (κ3) is 2.80. The summed E-state index contributed by atoms with van der Waals surface area (Å²) >= 11 is 3.51. The van der Waals surface area contributed by atoms with Crippen LogP contribution in [-0.2, 0) is 0 Å². The minimum absolute atomic E-state index is 0.668. The zero-order chi connectivity index (χ0) is 13.0. The molecule has 0 atom stereocenters. The van der Waals surface area contributed by atoms with Gasteiger partial charge >= 0.3 is 0 Å². The lowest BCUT2D eigenvalue weighted by molar-refractivity contribution is 0.712. The van der Waals surface area contributed by atoms with E-state index in [1.165, 1.54) is 12.8 Å². The average molecular weight is 312 g/mol. The van der Waals surface area contributed by atoms with Crippen molar-refractivity contribution in [3.05, 3.63) is 18.1 Å². The van der Waals surface area contributed by atoms with Crippen molar-refractivity contribution in [2.24, 2.45) is 0 Å². The fourth-order valence-electron chi connectivity index (χ4n) is 1.93. The lowest BCUT2D eigenvalue weighted by Gasteiger charge is -2.24. The monoisotopic (exact) mass is 311 g/mol. The smallest absolute Gasteiger partial charge is 0.254 e. The Bertz CT molecular complexity index is 510. The number of alkyl halides is 1. The Morgan fingerprint density at radius 1 is 1.39 bits per heavy atom. The molecule has 98 valence electrons. The van der Waals surface area contributed by atoms with E-state index in [-0.39, 0.29) is 0 Å². The number of nitrogens with zero attached hydrogens (tertiary/aromatic N) is 5. The highest BCUT2D eigenvalue weighted by Gasteiger charge is 2.12. The molecule has 0 spiro atoms. The molecule has 0 N–H and O–H groups in total. The summed E-state index contributed by atoms with van der Waals surface area (Å²) in [5.41, 5.74) is 0.974. The van der Waals surface area contributed by atoms with Crippen LogP contribution in [0.1, 0.15) is 25.5 Å². The molecule has 0 aromatic carbocycles. The molecule has 0 amide bonds. The van der Waals surface area contributed by atoms with Gasteiger partial charge in [0.25, 0.3) is 5.78 Å². The van der Waals surface area contributed by atoms with Gasteiger partial charge in [-0.15, -0.1) is 0 Å². The quantitative estimate of drug-likeness (QED) is 0.769. The number of aryl methyl sites for hydroxylation is 1. The Kier molecular flexibility index (Phi) is 4.52. The number of fused-ring (bicyclic) bond motifs is 1. The van der Waals surface area contributed by atoms with Crippen molar-refractivity contribution in [2.75, 3.05) is 23.3 Å². The molecular formula is C12H18BrN5. The van der Waals surface area contributed by atoms with E-state index >= 15 is 0 Å². The van der Waals surface area contributed by atoms with Crippen LogP contribution in [0.15, 0.2) is 12.4 Å². The molecule has 0 saturated carbocycles. The van der Waals surface area contributed by atoms with Gasteiger partial charge in [0.15, 0.2) is 0 Å². The maximum absolute atomic E-state index is 4.37. The van der Waals surface area contributed by atoms with Crippen LogP contribution >= 0.6 is 15.9 Å². The number of hydrogen-bond donors (Lipinski definition) is 0. The van der Waals surface area contributed by atoms with Gasteiger partial charge in [0, 0.05) is 30.2 Å². The number of halogens is 1. The zero-order valence-electron chi connectivity index (χ0n) is 10.8. The van der Waals surface area contributed by atoms with Gasteiger partial charge in [-0.1, -0.05) is 29.3 Å². The first-order chi connectivity index (χ1) is 8.76. The number of hydrogen-bond acceptors (Lipinski definition) is 4. The Morgan fingerprint density at radius 3 is 2.94 bits per heavy atom. The molecule has 18 heavy (non-hydrogen) atoms. The summed E-state index contributed by atoms with van der Waals surface area (Å²) in [7, 11) is 0. The Hall–Kier alpha value is -1.17. The van der Waals surface area contributed by atoms with Gasteiger partial charge in [0.05, 0.1) is 0 Å². The van der Waals surface area contributed by atoms with Gasteiger partial charge in [-0.3, -0.25) is 0 Å². The Balaban J connectivity index is 2.38. The highest BCUT2D eigenvalue weighted by Crippen LogP contribution is 2.16. The summed E-state index contributed by atoms with van der Waals surface area (Å²) in [5.74, 6) is 1.74. The number of unbranched alkanes of at least 4 members (excludes halogenated alkanes) is 1. The van der Waals surface area contributed by atoms with E-state index in [1.54, 1.807) is 6.33 Å². The molecule has 0 bridgehead atoms. The van der Waals surface area contributed by atoms with Gasteiger partial charge in [0.1, 0.15) is 12.1 Å². The zero-order valence-corrected chi connectivity index (χ0v) is 12.4. The third-order valence-electron chi connectivity index (χ3n) is 2.82. The maximum Gasteiger partial charge on any atom is 0.254 e. The van der Waals surface area contributed by atoms with E-state index in [0.29, 0.717) is 5.78 Å². The summed E-state index contributed by atoms with van der Waals surface area (Å²) in [6.45, 7) is 6.18. The van der Waals surface area contributed by atoms with Gasteiger partial charge in [0.2, 0.25) is 0 Å². The molecular weight excluding hydrogens is 294 g/mol. The van der Waals surface area contributed by atoms with Crippen molar-refractivity contribution < 1.29 is 0 Å². The lowest BCUT2D eigenvalue weighted by atomic mass is 10.3. The fraction of sp³-hybridized carbons (Fsp3) is 0.583. The summed E-state index contributed by atoms with van der Waals surface area (Å²) in [4.78, 5) is 10.9. The molecule has 2 aromatic heterocycles. The van der Waals surface area contributed by atoms with Gasteiger partial charge in [-0.2, -0.15) is 14.6 Å². The van der Waals surface area contributed by atoms with Crippen molar-refractivity contribution in [1.29, 1.82) is 0 Å².